The van der Waals surface area contributed by atoms with Gasteiger partial charge in [-0.15, -0.1) is 0 Å². The average Bonchev–Trinajstić information content (AvgIpc) is 2.78. The largest absolute Gasteiger partial charge is 0.393 e. The number of piperidine rings is 1. The molecule has 3 rings (SSSR count). The monoisotopic (exact) mass is 334 g/mol. The first-order valence-electron chi connectivity index (χ1n) is 9.14. The minimum Gasteiger partial charge on any atom is -0.393 e. The number of rotatable bonds is 5. The molecule has 134 valence electrons. The van der Waals surface area contributed by atoms with Crippen LogP contribution in [0.4, 0.5) is 0 Å². The number of carbonyl (C=O) groups excluding carboxylic acids is 1. The van der Waals surface area contributed by atoms with Crippen LogP contribution < -0.4 is 10.6 Å². The molecule has 0 unspecified atom stereocenters. The van der Waals surface area contributed by atoms with E-state index in [-0.39, 0.29) is 24.6 Å². The summed E-state index contributed by atoms with van der Waals surface area (Å²) in [7, 11) is 0. The predicted molar refractivity (Wildman–Crippen MR) is 92.7 cm³/mol. The Bertz CT molecular complexity index is 586. The summed E-state index contributed by atoms with van der Waals surface area (Å²) in [6.07, 6.45) is 3.63. The summed E-state index contributed by atoms with van der Waals surface area (Å²) < 4.78 is 1.80. The van der Waals surface area contributed by atoms with Gasteiger partial charge in [0.25, 0.3) is 0 Å². The number of aliphatic hydroxyl groups is 1. The smallest absolute Gasteiger partial charge is 0.241 e. The van der Waals surface area contributed by atoms with Crippen molar-refractivity contribution in [2.75, 3.05) is 13.1 Å². The SMILES string of the molecule is Cc1nn(CC(=O)N[C@@H](C2CCNCC2)C2CC(O)C2)c(C)c1C. The molecule has 6 heteroatoms. The lowest BCUT2D eigenvalue weighted by Crippen LogP contribution is -2.53. The molecular formula is C18H30N4O2. The first-order valence-corrected chi connectivity index (χ1v) is 9.14. The van der Waals surface area contributed by atoms with Crippen molar-refractivity contribution >= 4 is 5.91 Å². The van der Waals surface area contributed by atoms with E-state index in [1.54, 1.807) is 4.68 Å². The van der Waals surface area contributed by atoms with Crippen molar-refractivity contribution < 1.29 is 9.90 Å². The number of aliphatic hydroxyl groups excluding tert-OH is 1. The van der Waals surface area contributed by atoms with Crippen molar-refractivity contribution in [2.45, 2.75) is 65.1 Å². The molecule has 1 saturated carbocycles. The number of hydrogen-bond donors (Lipinski definition) is 3. The van der Waals surface area contributed by atoms with Gasteiger partial charge in [-0.3, -0.25) is 9.48 Å². The van der Waals surface area contributed by atoms with Crippen LogP contribution in [0.3, 0.4) is 0 Å². The van der Waals surface area contributed by atoms with E-state index in [2.05, 4.69) is 15.7 Å². The molecule has 2 aliphatic rings. The molecule has 1 aliphatic heterocycles. The molecular weight excluding hydrogens is 304 g/mol. The zero-order chi connectivity index (χ0) is 17.3. The second-order valence-corrected chi connectivity index (χ2v) is 7.52. The molecule has 0 radical (unpaired) electrons. The summed E-state index contributed by atoms with van der Waals surface area (Å²) in [4.78, 5) is 12.6. The summed E-state index contributed by atoms with van der Waals surface area (Å²) in [5, 5.41) is 20.8. The lowest BCUT2D eigenvalue weighted by atomic mass is 9.71. The zero-order valence-corrected chi connectivity index (χ0v) is 15.0. The minimum atomic E-state index is -0.185. The van der Waals surface area contributed by atoms with Crippen LogP contribution in [0.1, 0.15) is 42.6 Å². The van der Waals surface area contributed by atoms with Crippen LogP contribution in [0.5, 0.6) is 0 Å². The summed E-state index contributed by atoms with van der Waals surface area (Å²) in [6, 6.07) is 0.182. The molecule has 1 aliphatic carbocycles. The van der Waals surface area contributed by atoms with Gasteiger partial charge in [0.2, 0.25) is 5.91 Å². The summed E-state index contributed by atoms with van der Waals surface area (Å²) in [5.41, 5.74) is 3.19. The van der Waals surface area contributed by atoms with E-state index < -0.39 is 0 Å². The highest BCUT2D eigenvalue weighted by atomic mass is 16.3. The average molecular weight is 334 g/mol. The van der Waals surface area contributed by atoms with Gasteiger partial charge in [-0.2, -0.15) is 5.10 Å². The third kappa shape index (κ3) is 3.64. The number of hydrogen-bond acceptors (Lipinski definition) is 4. The van der Waals surface area contributed by atoms with Gasteiger partial charge in [-0.25, -0.2) is 0 Å². The van der Waals surface area contributed by atoms with E-state index in [0.29, 0.717) is 11.8 Å². The highest BCUT2D eigenvalue weighted by Crippen LogP contribution is 2.35. The van der Waals surface area contributed by atoms with Crippen LogP contribution in [-0.2, 0) is 11.3 Å². The van der Waals surface area contributed by atoms with E-state index >= 15 is 0 Å². The maximum absolute atomic E-state index is 12.6. The van der Waals surface area contributed by atoms with Crippen molar-refractivity contribution in [3.63, 3.8) is 0 Å². The lowest BCUT2D eigenvalue weighted by Gasteiger charge is -2.43. The zero-order valence-electron chi connectivity index (χ0n) is 15.0. The molecule has 24 heavy (non-hydrogen) atoms. The van der Waals surface area contributed by atoms with Gasteiger partial charge < -0.3 is 15.7 Å². The molecule has 0 spiro atoms. The van der Waals surface area contributed by atoms with Crippen LogP contribution in [0, 0.1) is 32.6 Å². The van der Waals surface area contributed by atoms with E-state index in [1.165, 1.54) is 0 Å². The van der Waals surface area contributed by atoms with Gasteiger partial charge >= 0.3 is 0 Å². The van der Waals surface area contributed by atoms with E-state index in [4.69, 9.17) is 0 Å². The number of aromatic nitrogens is 2. The van der Waals surface area contributed by atoms with Crippen LogP contribution in [0.2, 0.25) is 0 Å². The molecule has 1 atom stereocenters. The Balaban J connectivity index is 1.65. The summed E-state index contributed by atoms with van der Waals surface area (Å²) in [5.74, 6) is 0.953. The molecule has 0 aromatic carbocycles. The first-order chi connectivity index (χ1) is 11.5. The van der Waals surface area contributed by atoms with Gasteiger partial charge in [0.1, 0.15) is 6.54 Å². The van der Waals surface area contributed by atoms with E-state index in [1.807, 2.05) is 20.8 Å². The minimum absolute atomic E-state index is 0.0329. The van der Waals surface area contributed by atoms with Crippen molar-refractivity contribution in [1.82, 2.24) is 20.4 Å². The van der Waals surface area contributed by atoms with E-state index in [9.17, 15) is 9.90 Å². The van der Waals surface area contributed by atoms with Gasteiger partial charge in [-0.05, 0) is 76.9 Å². The molecule has 6 nitrogen and oxygen atoms in total. The van der Waals surface area contributed by atoms with Crippen LogP contribution in [0.25, 0.3) is 0 Å². The Hall–Kier alpha value is -1.40. The van der Waals surface area contributed by atoms with Crippen molar-refractivity contribution in [3.05, 3.63) is 17.0 Å². The third-order valence-electron chi connectivity index (χ3n) is 5.91. The maximum Gasteiger partial charge on any atom is 0.241 e. The van der Waals surface area contributed by atoms with Gasteiger partial charge in [0.05, 0.1) is 11.8 Å². The second kappa shape index (κ2) is 7.23. The first kappa shape index (κ1) is 17.4. The van der Waals surface area contributed by atoms with Gasteiger partial charge in [-0.1, -0.05) is 0 Å². The summed E-state index contributed by atoms with van der Waals surface area (Å²) in [6.45, 7) is 8.34. The summed E-state index contributed by atoms with van der Waals surface area (Å²) >= 11 is 0. The Morgan fingerprint density at radius 3 is 2.50 bits per heavy atom. The van der Waals surface area contributed by atoms with Crippen LogP contribution >= 0.6 is 0 Å². The number of nitrogens with zero attached hydrogens (tertiary/aromatic N) is 2. The maximum atomic E-state index is 12.6. The Kier molecular flexibility index (Phi) is 5.25. The molecule has 1 aromatic rings. The molecule has 3 N–H and O–H groups in total. The number of aryl methyl sites for hydroxylation is 1. The molecule has 1 amide bonds. The molecule has 2 heterocycles. The van der Waals surface area contributed by atoms with Crippen molar-refractivity contribution in [1.29, 1.82) is 0 Å². The number of nitrogens with one attached hydrogen (secondary N) is 2. The number of carbonyl (C=O) groups is 1. The normalized spacial score (nSPS) is 26.0. The number of amides is 1. The predicted octanol–water partition coefficient (Wildman–Crippen LogP) is 1.06. The quantitative estimate of drug-likeness (QED) is 0.752. The fourth-order valence-electron chi connectivity index (χ4n) is 4.06. The van der Waals surface area contributed by atoms with Crippen LogP contribution in [0.15, 0.2) is 0 Å². The van der Waals surface area contributed by atoms with Gasteiger partial charge in [0, 0.05) is 11.7 Å². The second-order valence-electron chi connectivity index (χ2n) is 7.52. The Morgan fingerprint density at radius 2 is 1.96 bits per heavy atom. The van der Waals surface area contributed by atoms with Gasteiger partial charge in [0.15, 0.2) is 0 Å². The van der Waals surface area contributed by atoms with Crippen molar-refractivity contribution in [3.8, 4) is 0 Å². The van der Waals surface area contributed by atoms with Crippen molar-refractivity contribution in [2.24, 2.45) is 11.8 Å². The van der Waals surface area contributed by atoms with Crippen LogP contribution in [-0.4, -0.2) is 46.0 Å². The molecule has 1 aromatic heterocycles. The fraction of sp³-hybridized carbons (Fsp3) is 0.778. The van der Waals surface area contributed by atoms with E-state index in [0.717, 1.165) is 55.7 Å². The standard InChI is InChI=1S/C18H30N4O2/c1-11-12(2)21-22(13(11)3)10-17(24)20-18(15-8-16(23)9-15)14-4-6-19-7-5-14/h14-16,18-19,23H,4-10H2,1-3H3,(H,20,24)/t15?,16?,18-/m0/s1. The Labute approximate surface area is 144 Å². The fourth-order valence-corrected chi connectivity index (χ4v) is 4.06. The topological polar surface area (TPSA) is 79.2 Å². The molecule has 1 saturated heterocycles. The molecule has 0 bridgehead atoms. The highest BCUT2D eigenvalue weighted by molar-refractivity contribution is 5.76. The third-order valence-corrected chi connectivity index (χ3v) is 5.91. The highest BCUT2D eigenvalue weighted by Gasteiger charge is 2.39. The Morgan fingerprint density at radius 1 is 1.29 bits per heavy atom. The molecule has 2 fully saturated rings. The lowest BCUT2D eigenvalue weighted by molar-refractivity contribution is -0.124.